The molecule has 1 aliphatic heterocycles. The summed E-state index contributed by atoms with van der Waals surface area (Å²) in [5.74, 6) is 0.0930. The van der Waals surface area contributed by atoms with E-state index in [0.29, 0.717) is 0 Å². The van der Waals surface area contributed by atoms with E-state index in [1.165, 1.54) is 0 Å². The molecule has 5 heteroatoms. The SMILES string of the molecule is CC(NC(=O)C1(C)CCCCN1)c1ccccc1Br.Cl. The maximum atomic E-state index is 12.4. The number of piperidine rings is 1. The fourth-order valence-electron chi connectivity index (χ4n) is 2.51. The van der Waals surface area contributed by atoms with Gasteiger partial charge in [0.2, 0.25) is 5.91 Å². The first-order valence-corrected chi connectivity index (χ1v) is 7.63. The highest BCUT2D eigenvalue weighted by Crippen LogP contribution is 2.25. The Morgan fingerprint density at radius 2 is 2.10 bits per heavy atom. The Balaban J connectivity index is 0.00000200. The minimum atomic E-state index is -0.423. The predicted molar refractivity (Wildman–Crippen MR) is 88.2 cm³/mol. The average molecular weight is 362 g/mol. The molecule has 1 fully saturated rings. The molecule has 2 rings (SSSR count). The lowest BCUT2D eigenvalue weighted by atomic mass is 9.89. The second-order valence-electron chi connectivity index (χ2n) is 5.43. The lowest BCUT2D eigenvalue weighted by Crippen LogP contribution is -2.57. The third-order valence-corrected chi connectivity index (χ3v) is 4.56. The summed E-state index contributed by atoms with van der Waals surface area (Å²) in [6, 6.07) is 8.00. The maximum Gasteiger partial charge on any atom is 0.240 e. The molecule has 0 radical (unpaired) electrons. The number of hydrogen-bond donors (Lipinski definition) is 2. The Hall–Kier alpha value is -0.580. The number of carbonyl (C=O) groups is 1. The van der Waals surface area contributed by atoms with E-state index >= 15 is 0 Å². The van der Waals surface area contributed by atoms with Crippen LogP contribution in [0.4, 0.5) is 0 Å². The van der Waals surface area contributed by atoms with Crippen molar-refractivity contribution in [1.29, 1.82) is 0 Å². The van der Waals surface area contributed by atoms with Gasteiger partial charge in [0.25, 0.3) is 0 Å². The standard InChI is InChI=1S/C15H21BrN2O.ClH/c1-11(12-7-3-4-8-13(12)16)18-14(19)15(2)9-5-6-10-17-15;/h3-4,7-8,11,17H,5-6,9-10H2,1-2H3,(H,18,19);1H. The Morgan fingerprint density at radius 3 is 2.70 bits per heavy atom. The molecule has 1 aromatic rings. The number of benzene rings is 1. The lowest BCUT2D eigenvalue weighted by molar-refractivity contribution is -0.128. The largest absolute Gasteiger partial charge is 0.348 e. The Morgan fingerprint density at radius 1 is 1.40 bits per heavy atom. The van der Waals surface area contributed by atoms with Crippen LogP contribution in [-0.4, -0.2) is 18.0 Å². The molecule has 0 aromatic heterocycles. The topological polar surface area (TPSA) is 41.1 Å². The summed E-state index contributed by atoms with van der Waals surface area (Å²) in [6.45, 7) is 4.94. The zero-order valence-corrected chi connectivity index (χ0v) is 14.3. The van der Waals surface area contributed by atoms with Gasteiger partial charge in [-0.1, -0.05) is 34.1 Å². The van der Waals surface area contributed by atoms with Gasteiger partial charge in [0, 0.05) is 4.47 Å². The van der Waals surface area contributed by atoms with Gasteiger partial charge in [0.05, 0.1) is 11.6 Å². The number of rotatable bonds is 3. The van der Waals surface area contributed by atoms with Crippen LogP contribution in [-0.2, 0) is 4.79 Å². The quantitative estimate of drug-likeness (QED) is 0.864. The summed E-state index contributed by atoms with van der Waals surface area (Å²) in [5.41, 5.74) is 0.684. The van der Waals surface area contributed by atoms with Crippen molar-refractivity contribution in [2.45, 2.75) is 44.7 Å². The molecule has 0 saturated carbocycles. The van der Waals surface area contributed by atoms with Crippen LogP contribution >= 0.6 is 28.3 Å². The third-order valence-electron chi connectivity index (χ3n) is 3.84. The van der Waals surface area contributed by atoms with Crippen molar-refractivity contribution in [2.24, 2.45) is 0 Å². The molecule has 1 aromatic carbocycles. The number of nitrogens with one attached hydrogen (secondary N) is 2. The number of amides is 1. The van der Waals surface area contributed by atoms with Crippen LogP contribution in [0.1, 0.15) is 44.7 Å². The van der Waals surface area contributed by atoms with Crippen molar-refractivity contribution < 1.29 is 4.79 Å². The number of carbonyl (C=O) groups excluding carboxylic acids is 1. The molecule has 1 aliphatic rings. The molecule has 3 nitrogen and oxygen atoms in total. The van der Waals surface area contributed by atoms with Crippen LogP contribution in [0.5, 0.6) is 0 Å². The minimum Gasteiger partial charge on any atom is -0.348 e. The van der Waals surface area contributed by atoms with E-state index in [4.69, 9.17) is 0 Å². The molecular weight excluding hydrogens is 340 g/mol. The summed E-state index contributed by atoms with van der Waals surface area (Å²) >= 11 is 3.53. The summed E-state index contributed by atoms with van der Waals surface area (Å²) in [5, 5.41) is 6.46. The fraction of sp³-hybridized carbons (Fsp3) is 0.533. The van der Waals surface area contributed by atoms with Crippen LogP contribution in [0.2, 0.25) is 0 Å². The van der Waals surface area contributed by atoms with E-state index < -0.39 is 5.54 Å². The molecule has 2 atom stereocenters. The van der Waals surface area contributed by atoms with Gasteiger partial charge in [0.15, 0.2) is 0 Å². The molecule has 2 unspecified atom stereocenters. The third kappa shape index (κ3) is 3.96. The molecule has 0 bridgehead atoms. The van der Waals surface area contributed by atoms with Crippen molar-refractivity contribution in [3.05, 3.63) is 34.3 Å². The van der Waals surface area contributed by atoms with Crippen LogP contribution in [0.3, 0.4) is 0 Å². The highest BCUT2D eigenvalue weighted by molar-refractivity contribution is 9.10. The first-order chi connectivity index (χ1) is 9.03. The second kappa shape index (κ2) is 7.43. The average Bonchev–Trinajstić information content (AvgIpc) is 2.40. The predicted octanol–water partition coefficient (Wildman–Crippen LogP) is 3.58. The van der Waals surface area contributed by atoms with Gasteiger partial charge in [-0.2, -0.15) is 0 Å². The highest BCUT2D eigenvalue weighted by Gasteiger charge is 2.34. The van der Waals surface area contributed by atoms with Crippen molar-refractivity contribution in [2.75, 3.05) is 6.54 Å². The van der Waals surface area contributed by atoms with Gasteiger partial charge in [-0.3, -0.25) is 4.79 Å². The molecule has 1 amide bonds. The summed E-state index contributed by atoms with van der Waals surface area (Å²) in [7, 11) is 0. The van der Waals surface area contributed by atoms with Crippen molar-refractivity contribution in [1.82, 2.24) is 10.6 Å². The lowest BCUT2D eigenvalue weighted by Gasteiger charge is -2.34. The van der Waals surface area contributed by atoms with E-state index in [1.807, 2.05) is 38.1 Å². The fourth-order valence-corrected chi connectivity index (χ4v) is 3.14. The monoisotopic (exact) mass is 360 g/mol. The summed E-state index contributed by atoms with van der Waals surface area (Å²) in [4.78, 5) is 12.4. The Kier molecular flexibility index (Phi) is 6.49. The molecule has 2 N–H and O–H groups in total. The van der Waals surface area contributed by atoms with Gasteiger partial charge in [-0.15, -0.1) is 12.4 Å². The van der Waals surface area contributed by atoms with E-state index in [-0.39, 0.29) is 24.4 Å². The smallest absolute Gasteiger partial charge is 0.240 e. The first-order valence-electron chi connectivity index (χ1n) is 6.83. The van der Waals surface area contributed by atoms with E-state index in [9.17, 15) is 4.79 Å². The van der Waals surface area contributed by atoms with Gasteiger partial charge in [0.1, 0.15) is 0 Å². The Labute approximate surface area is 135 Å². The minimum absolute atomic E-state index is 0. The summed E-state index contributed by atoms with van der Waals surface area (Å²) in [6.07, 6.45) is 3.17. The van der Waals surface area contributed by atoms with E-state index in [1.54, 1.807) is 0 Å². The molecule has 112 valence electrons. The molecule has 1 saturated heterocycles. The zero-order chi connectivity index (χ0) is 13.9. The highest BCUT2D eigenvalue weighted by atomic mass is 79.9. The second-order valence-corrected chi connectivity index (χ2v) is 6.29. The molecular formula is C15H22BrClN2O. The number of hydrogen-bond acceptors (Lipinski definition) is 2. The van der Waals surface area contributed by atoms with Gasteiger partial charge in [-0.25, -0.2) is 0 Å². The first kappa shape index (κ1) is 17.5. The van der Waals surface area contributed by atoms with Gasteiger partial charge < -0.3 is 10.6 Å². The van der Waals surface area contributed by atoms with E-state index in [0.717, 1.165) is 35.8 Å². The zero-order valence-electron chi connectivity index (χ0n) is 11.9. The van der Waals surface area contributed by atoms with Crippen LogP contribution < -0.4 is 10.6 Å². The summed E-state index contributed by atoms with van der Waals surface area (Å²) < 4.78 is 1.03. The maximum absolute atomic E-state index is 12.4. The normalized spacial score (nSPS) is 23.6. The van der Waals surface area contributed by atoms with Crippen LogP contribution in [0, 0.1) is 0 Å². The van der Waals surface area contributed by atoms with Gasteiger partial charge in [-0.05, 0) is 51.3 Å². The number of halogens is 2. The van der Waals surface area contributed by atoms with E-state index in [2.05, 4.69) is 26.6 Å². The van der Waals surface area contributed by atoms with Crippen LogP contribution in [0.25, 0.3) is 0 Å². The molecule has 0 aliphatic carbocycles. The van der Waals surface area contributed by atoms with Crippen molar-refractivity contribution in [3.63, 3.8) is 0 Å². The molecule has 1 heterocycles. The molecule has 0 spiro atoms. The van der Waals surface area contributed by atoms with Crippen molar-refractivity contribution in [3.8, 4) is 0 Å². The Bertz CT molecular complexity index is 461. The van der Waals surface area contributed by atoms with Crippen LogP contribution in [0.15, 0.2) is 28.7 Å². The van der Waals surface area contributed by atoms with Gasteiger partial charge >= 0.3 is 0 Å². The molecule has 20 heavy (non-hydrogen) atoms. The van der Waals surface area contributed by atoms with Crippen molar-refractivity contribution >= 4 is 34.2 Å².